The number of ketones is 1. The fourth-order valence-corrected chi connectivity index (χ4v) is 1.65. The van der Waals surface area contributed by atoms with Crippen LogP contribution in [0, 0.1) is 6.92 Å². The summed E-state index contributed by atoms with van der Waals surface area (Å²) in [7, 11) is 1.30. The molecule has 4 nitrogen and oxygen atoms in total. The predicted octanol–water partition coefficient (Wildman–Crippen LogP) is 2.41. The van der Waals surface area contributed by atoms with Crippen LogP contribution in [0.1, 0.15) is 32.0 Å². The third-order valence-electron chi connectivity index (χ3n) is 2.73. The molecular formula is C15H13NO3. The van der Waals surface area contributed by atoms with Gasteiger partial charge in [0.15, 0.2) is 0 Å². The van der Waals surface area contributed by atoms with Crippen LogP contribution in [0.15, 0.2) is 42.6 Å². The number of nitrogens with zero attached hydrogens (tertiary/aromatic N) is 1. The van der Waals surface area contributed by atoms with Gasteiger partial charge in [0.05, 0.1) is 12.7 Å². The lowest BCUT2D eigenvalue weighted by atomic mass is 10.0. The Morgan fingerprint density at radius 1 is 1.05 bits per heavy atom. The van der Waals surface area contributed by atoms with Gasteiger partial charge < -0.3 is 4.74 Å². The summed E-state index contributed by atoms with van der Waals surface area (Å²) in [4.78, 5) is 27.6. The minimum absolute atomic E-state index is 0.217. The van der Waals surface area contributed by atoms with Crippen LogP contribution in [0.3, 0.4) is 0 Å². The molecule has 0 radical (unpaired) electrons. The largest absolute Gasteiger partial charge is 0.465 e. The second-order valence-electron chi connectivity index (χ2n) is 4.12. The lowest BCUT2D eigenvalue weighted by molar-refractivity contribution is 0.0600. The molecule has 1 aromatic heterocycles. The van der Waals surface area contributed by atoms with E-state index in [2.05, 4.69) is 9.72 Å². The molecule has 1 aromatic carbocycles. The van der Waals surface area contributed by atoms with Crippen molar-refractivity contribution in [3.8, 4) is 0 Å². The molecule has 96 valence electrons. The van der Waals surface area contributed by atoms with E-state index in [0.29, 0.717) is 11.1 Å². The van der Waals surface area contributed by atoms with E-state index in [-0.39, 0.29) is 11.5 Å². The molecule has 2 aromatic rings. The minimum atomic E-state index is -0.486. The van der Waals surface area contributed by atoms with E-state index in [9.17, 15) is 9.59 Å². The second kappa shape index (κ2) is 5.44. The highest BCUT2D eigenvalue weighted by Gasteiger charge is 2.13. The summed E-state index contributed by atoms with van der Waals surface area (Å²) in [6.45, 7) is 1.95. The molecule has 4 heteroatoms. The first-order valence-corrected chi connectivity index (χ1v) is 5.77. The Labute approximate surface area is 111 Å². The minimum Gasteiger partial charge on any atom is -0.465 e. The summed E-state index contributed by atoms with van der Waals surface area (Å²) >= 11 is 0. The van der Waals surface area contributed by atoms with Crippen LogP contribution in [0.4, 0.5) is 0 Å². The number of pyridine rings is 1. The van der Waals surface area contributed by atoms with Crippen LogP contribution >= 0.6 is 0 Å². The van der Waals surface area contributed by atoms with Gasteiger partial charge in [0.25, 0.3) is 0 Å². The molecule has 0 atom stereocenters. The molecule has 0 amide bonds. The number of hydrogen-bond donors (Lipinski definition) is 0. The summed E-state index contributed by atoms with van der Waals surface area (Å²) in [5, 5.41) is 0. The Morgan fingerprint density at radius 2 is 1.74 bits per heavy atom. The van der Waals surface area contributed by atoms with Gasteiger partial charge in [-0.1, -0.05) is 29.8 Å². The number of carbonyl (C=O) groups excluding carboxylic acids is 2. The molecule has 0 bridgehead atoms. The van der Waals surface area contributed by atoms with Crippen LogP contribution in [0.2, 0.25) is 0 Å². The number of benzene rings is 1. The molecule has 0 unspecified atom stereocenters. The van der Waals surface area contributed by atoms with Crippen LogP contribution < -0.4 is 0 Å². The van der Waals surface area contributed by atoms with E-state index in [1.165, 1.54) is 25.4 Å². The van der Waals surface area contributed by atoms with Crippen molar-refractivity contribution in [2.75, 3.05) is 7.11 Å². The number of aryl methyl sites for hydroxylation is 1. The zero-order valence-electron chi connectivity index (χ0n) is 10.7. The van der Waals surface area contributed by atoms with Crippen molar-refractivity contribution in [1.29, 1.82) is 0 Å². The summed E-state index contributed by atoms with van der Waals surface area (Å²) < 4.78 is 4.61. The molecule has 0 aliphatic rings. The summed E-state index contributed by atoms with van der Waals surface area (Å²) in [6.07, 6.45) is 1.42. The Kier molecular flexibility index (Phi) is 3.71. The van der Waals surface area contributed by atoms with Gasteiger partial charge in [-0.2, -0.15) is 0 Å². The van der Waals surface area contributed by atoms with Crippen molar-refractivity contribution >= 4 is 11.8 Å². The lowest BCUT2D eigenvalue weighted by Crippen LogP contribution is -2.08. The Balaban J connectivity index is 2.34. The van der Waals surface area contributed by atoms with Gasteiger partial charge in [-0.05, 0) is 19.1 Å². The number of carbonyl (C=O) groups is 2. The van der Waals surface area contributed by atoms with Gasteiger partial charge in [-0.15, -0.1) is 0 Å². The van der Waals surface area contributed by atoms with Crippen LogP contribution in [0.25, 0.3) is 0 Å². The average Bonchev–Trinajstić information content (AvgIpc) is 2.46. The van der Waals surface area contributed by atoms with Crippen LogP contribution in [0.5, 0.6) is 0 Å². The molecule has 0 aliphatic heterocycles. The molecule has 0 fully saturated rings. The number of ether oxygens (including phenoxy) is 1. The average molecular weight is 255 g/mol. The highest BCUT2D eigenvalue weighted by Crippen LogP contribution is 2.11. The highest BCUT2D eigenvalue weighted by atomic mass is 16.5. The van der Waals surface area contributed by atoms with E-state index in [4.69, 9.17) is 0 Å². The Morgan fingerprint density at radius 3 is 2.37 bits per heavy atom. The predicted molar refractivity (Wildman–Crippen MR) is 70.2 cm³/mol. The highest BCUT2D eigenvalue weighted by molar-refractivity contribution is 6.08. The third kappa shape index (κ3) is 2.85. The van der Waals surface area contributed by atoms with E-state index in [0.717, 1.165) is 5.56 Å². The van der Waals surface area contributed by atoms with E-state index in [1.54, 1.807) is 12.1 Å². The van der Waals surface area contributed by atoms with Gasteiger partial charge in [-0.3, -0.25) is 9.78 Å². The van der Waals surface area contributed by atoms with Gasteiger partial charge in [0, 0.05) is 11.8 Å². The molecule has 2 rings (SSSR count). The van der Waals surface area contributed by atoms with Gasteiger partial charge in [0.2, 0.25) is 5.78 Å². The van der Waals surface area contributed by atoms with Crippen molar-refractivity contribution < 1.29 is 14.3 Å². The number of methoxy groups -OCH3 is 1. The van der Waals surface area contributed by atoms with E-state index < -0.39 is 5.97 Å². The number of esters is 1. The van der Waals surface area contributed by atoms with Crippen molar-refractivity contribution in [1.82, 2.24) is 4.98 Å². The smallest absolute Gasteiger partial charge is 0.337 e. The molecule has 0 saturated heterocycles. The number of hydrogen-bond acceptors (Lipinski definition) is 4. The molecule has 0 spiro atoms. The Hall–Kier alpha value is -2.49. The summed E-state index contributed by atoms with van der Waals surface area (Å²) in [5.41, 5.74) is 2.16. The monoisotopic (exact) mass is 255 g/mol. The first-order valence-electron chi connectivity index (χ1n) is 5.77. The van der Waals surface area contributed by atoms with Crippen LogP contribution in [-0.4, -0.2) is 23.8 Å². The molecule has 0 N–H and O–H groups in total. The zero-order chi connectivity index (χ0) is 13.8. The standard InChI is InChI=1S/C15H13NO3/c1-10-3-5-11(6-4-10)14(17)13-9-12(7-8-16-13)15(18)19-2/h3-9H,1-2H3. The zero-order valence-corrected chi connectivity index (χ0v) is 10.7. The maximum atomic E-state index is 12.2. The topological polar surface area (TPSA) is 56.3 Å². The van der Waals surface area contributed by atoms with Crippen molar-refractivity contribution in [2.24, 2.45) is 0 Å². The molecule has 19 heavy (non-hydrogen) atoms. The summed E-state index contributed by atoms with van der Waals surface area (Å²) in [6, 6.07) is 10.1. The van der Waals surface area contributed by atoms with Gasteiger partial charge in [-0.25, -0.2) is 4.79 Å². The quantitative estimate of drug-likeness (QED) is 0.624. The second-order valence-corrected chi connectivity index (χ2v) is 4.12. The first kappa shape index (κ1) is 13.0. The summed E-state index contributed by atoms with van der Waals surface area (Å²) in [5.74, 6) is -0.703. The van der Waals surface area contributed by atoms with Gasteiger partial charge in [0.1, 0.15) is 5.69 Å². The van der Waals surface area contributed by atoms with Crippen molar-refractivity contribution in [2.45, 2.75) is 6.92 Å². The molecule has 0 saturated carbocycles. The Bertz CT molecular complexity index is 618. The third-order valence-corrected chi connectivity index (χ3v) is 2.73. The fourth-order valence-electron chi connectivity index (χ4n) is 1.65. The molecular weight excluding hydrogens is 242 g/mol. The number of rotatable bonds is 3. The maximum absolute atomic E-state index is 12.2. The fraction of sp³-hybridized carbons (Fsp3) is 0.133. The van der Waals surface area contributed by atoms with Gasteiger partial charge >= 0.3 is 5.97 Å². The van der Waals surface area contributed by atoms with E-state index in [1.807, 2.05) is 19.1 Å². The normalized spacial score (nSPS) is 10.0. The maximum Gasteiger partial charge on any atom is 0.337 e. The lowest BCUT2D eigenvalue weighted by Gasteiger charge is -2.03. The van der Waals surface area contributed by atoms with Crippen molar-refractivity contribution in [3.63, 3.8) is 0 Å². The molecule has 0 aliphatic carbocycles. The number of aromatic nitrogens is 1. The SMILES string of the molecule is COC(=O)c1ccnc(C(=O)c2ccc(C)cc2)c1. The molecule has 1 heterocycles. The van der Waals surface area contributed by atoms with Crippen LogP contribution in [-0.2, 0) is 4.74 Å². The first-order chi connectivity index (χ1) is 9.11. The van der Waals surface area contributed by atoms with E-state index >= 15 is 0 Å². The van der Waals surface area contributed by atoms with Crippen molar-refractivity contribution in [3.05, 3.63) is 65.0 Å².